The van der Waals surface area contributed by atoms with E-state index in [9.17, 15) is 23.9 Å². The van der Waals surface area contributed by atoms with Gasteiger partial charge in [0.25, 0.3) is 6.33 Å². The molecule has 58 heavy (non-hydrogen) atoms. The molecule has 3 aromatic heterocycles. The zero-order chi connectivity index (χ0) is 41.7. The topological polar surface area (TPSA) is 153 Å². The number of aromatic nitrogens is 5. The Labute approximate surface area is 363 Å². The molecule has 0 fully saturated rings. The average molecular weight is 999 g/mol. The SMILES string of the molecule is CC(OC(=O)N(C)c1ncccc1COC(=O)CN(C)C(=O)OC(C)(C)C)[n+]1cnn(C[C@](O)(c2cc(F)ccc2F)[C@@H](C)c2nc(-c3ccc(Br)cc3)cs2)c1.[I-]. The number of benzene rings is 2. The minimum atomic E-state index is -2.03. The van der Waals surface area contributed by atoms with Gasteiger partial charge in [0.2, 0.25) is 12.6 Å². The highest BCUT2D eigenvalue weighted by atomic mass is 127. The number of ether oxygens (including phenoxy) is 3. The molecule has 14 nitrogen and oxygen atoms in total. The number of thiazole rings is 1. The summed E-state index contributed by atoms with van der Waals surface area (Å²) in [7, 11) is 2.84. The van der Waals surface area contributed by atoms with Crippen LogP contribution in [0.25, 0.3) is 11.3 Å². The van der Waals surface area contributed by atoms with Crippen LogP contribution >= 0.6 is 27.3 Å². The number of carbonyl (C=O) groups is 3. The van der Waals surface area contributed by atoms with Gasteiger partial charge >= 0.3 is 18.2 Å². The molecule has 1 N–H and O–H groups in total. The molecule has 0 aliphatic heterocycles. The molecule has 0 spiro atoms. The summed E-state index contributed by atoms with van der Waals surface area (Å²) in [5.74, 6) is -2.92. The van der Waals surface area contributed by atoms with Gasteiger partial charge in [-0.1, -0.05) is 41.1 Å². The fraction of sp³-hybridized carbons (Fsp3) is 0.359. The summed E-state index contributed by atoms with van der Waals surface area (Å²) in [5, 5.41) is 19.0. The highest BCUT2D eigenvalue weighted by Crippen LogP contribution is 2.41. The molecule has 0 saturated carbocycles. The number of halogens is 4. The Kier molecular flexibility index (Phi) is 15.4. The van der Waals surface area contributed by atoms with Gasteiger partial charge in [0.05, 0.1) is 10.7 Å². The molecule has 5 aromatic rings. The summed E-state index contributed by atoms with van der Waals surface area (Å²) in [5.41, 5.74) is -1.14. The summed E-state index contributed by atoms with van der Waals surface area (Å²) in [6, 6.07) is 13.7. The fourth-order valence-corrected chi connectivity index (χ4v) is 6.84. The highest BCUT2D eigenvalue weighted by Gasteiger charge is 2.43. The first-order valence-electron chi connectivity index (χ1n) is 17.6. The first-order valence-corrected chi connectivity index (χ1v) is 19.3. The zero-order valence-corrected chi connectivity index (χ0v) is 37.3. The van der Waals surface area contributed by atoms with Crippen LogP contribution in [0.15, 0.2) is 83.3 Å². The van der Waals surface area contributed by atoms with Gasteiger partial charge in [-0.2, -0.15) is 4.57 Å². The number of esters is 1. The van der Waals surface area contributed by atoms with Crippen molar-refractivity contribution in [3.63, 3.8) is 0 Å². The van der Waals surface area contributed by atoms with Crippen LogP contribution in [0.5, 0.6) is 0 Å². The minimum Gasteiger partial charge on any atom is -1.00 e. The largest absolute Gasteiger partial charge is 1.00 e. The van der Waals surface area contributed by atoms with E-state index in [4.69, 9.17) is 19.2 Å². The molecular weight excluding hydrogens is 955 g/mol. The predicted octanol–water partition coefficient (Wildman–Crippen LogP) is 4.13. The molecule has 310 valence electrons. The van der Waals surface area contributed by atoms with Crippen LogP contribution in [0.2, 0.25) is 0 Å². The minimum absolute atomic E-state index is 0. The normalized spacial score (nSPS) is 13.4. The van der Waals surface area contributed by atoms with Gasteiger partial charge in [0.15, 0.2) is 0 Å². The molecule has 19 heteroatoms. The Morgan fingerprint density at radius 1 is 1.05 bits per heavy atom. The van der Waals surface area contributed by atoms with Crippen LogP contribution < -0.4 is 33.4 Å². The van der Waals surface area contributed by atoms with Gasteiger partial charge in [-0.05, 0) is 57.2 Å². The lowest BCUT2D eigenvalue weighted by molar-refractivity contribution is -0.753. The van der Waals surface area contributed by atoms with Crippen molar-refractivity contribution in [1.29, 1.82) is 0 Å². The molecule has 3 heterocycles. The summed E-state index contributed by atoms with van der Waals surface area (Å²) in [6.07, 6.45) is 1.85. The van der Waals surface area contributed by atoms with Crippen molar-refractivity contribution in [3.05, 3.63) is 111 Å². The number of amides is 2. The number of likely N-dealkylation sites (N-methyl/N-ethyl adjacent to an activating group) is 1. The maximum Gasteiger partial charge on any atom is 0.418 e. The third-order valence-corrected chi connectivity index (χ3v) is 10.3. The molecule has 0 radical (unpaired) electrons. The maximum absolute atomic E-state index is 15.4. The molecular formula is C39H43BrF2IN7O7S. The van der Waals surface area contributed by atoms with Gasteiger partial charge in [-0.15, -0.1) is 16.0 Å². The Hall–Kier alpha value is -4.60. The second-order valence-electron chi connectivity index (χ2n) is 14.3. The monoisotopic (exact) mass is 997 g/mol. The van der Waals surface area contributed by atoms with Gasteiger partial charge in [-0.3, -0.25) is 9.69 Å². The molecule has 1 unspecified atom stereocenters. The summed E-state index contributed by atoms with van der Waals surface area (Å²) < 4.78 is 50.0. The second-order valence-corrected chi connectivity index (χ2v) is 16.1. The summed E-state index contributed by atoms with van der Waals surface area (Å²) >= 11 is 4.71. The van der Waals surface area contributed by atoms with Gasteiger partial charge in [0, 0.05) is 64.8 Å². The van der Waals surface area contributed by atoms with Crippen molar-refractivity contribution in [1.82, 2.24) is 24.6 Å². The first kappa shape index (κ1) is 46.1. The van der Waals surface area contributed by atoms with E-state index in [0.29, 0.717) is 16.3 Å². The zero-order valence-electron chi connectivity index (χ0n) is 32.7. The lowest BCUT2D eigenvalue weighted by Gasteiger charge is -2.32. The highest BCUT2D eigenvalue weighted by molar-refractivity contribution is 9.10. The number of anilines is 1. The van der Waals surface area contributed by atoms with Crippen LogP contribution in [0.1, 0.15) is 62.9 Å². The van der Waals surface area contributed by atoms with Gasteiger partial charge in [0.1, 0.15) is 48.4 Å². The Bertz CT molecular complexity index is 2220. The summed E-state index contributed by atoms with van der Waals surface area (Å²) in [6.45, 7) is 7.46. The summed E-state index contributed by atoms with van der Waals surface area (Å²) in [4.78, 5) is 49.3. The molecule has 5 rings (SSSR count). The van der Waals surface area contributed by atoms with E-state index in [1.807, 2.05) is 29.6 Å². The number of pyridine rings is 1. The lowest BCUT2D eigenvalue weighted by Crippen LogP contribution is -3.00. The van der Waals surface area contributed by atoms with E-state index in [0.717, 1.165) is 38.0 Å². The van der Waals surface area contributed by atoms with Crippen LogP contribution in [-0.4, -0.2) is 74.2 Å². The van der Waals surface area contributed by atoms with Gasteiger partial charge in [-0.25, -0.2) is 28.3 Å². The van der Waals surface area contributed by atoms with Crippen LogP contribution in [0.4, 0.5) is 24.2 Å². The molecule has 0 saturated heterocycles. The van der Waals surface area contributed by atoms with Crippen LogP contribution in [0.3, 0.4) is 0 Å². The van der Waals surface area contributed by atoms with Crippen molar-refractivity contribution in [2.75, 3.05) is 25.5 Å². The molecule has 0 bridgehead atoms. The molecule has 3 atom stereocenters. The number of nitrogens with zero attached hydrogens (tertiary/aromatic N) is 7. The first-order chi connectivity index (χ1) is 26.8. The smallest absolute Gasteiger partial charge is 0.418 e. The van der Waals surface area contributed by atoms with E-state index >= 15 is 4.39 Å². The van der Waals surface area contributed by atoms with Crippen molar-refractivity contribution >= 4 is 51.2 Å². The number of rotatable bonds is 13. The Morgan fingerprint density at radius 3 is 2.45 bits per heavy atom. The number of hydrogen-bond donors (Lipinski definition) is 1. The Morgan fingerprint density at radius 2 is 1.76 bits per heavy atom. The number of aliphatic hydroxyl groups is 1. The van der Waals surface area contributed by atoms with Crippen molar-refractivity contribution < 1.29 is 71.0 Å². The average Bonchev–Trinajstić information content (AvgIpc) is 3.84. The van der Waals surface area contributed by atoms with E-state index < -0.39 is 53.1 Å². The van der Waals surface area contributed by atoms with E-state index in [1.54, 1.807) is 46.8 Å². The third kappa shape index (κ3) is 11.5. The van der Waals surface area contributed by atoms with Crippen LogP contribution in [0, 0.1) is 11.6 Å². The van der Waals surface area contributed by atoms with Gasteiger partial charge < -0.3 is 48.2 Å². The third-order valence-electron chi connectivity index (χ3n) is 8.76. The van der Waals surface area contributed by atoms with E-state index in [2.05, 4.69) is 26.0 Å². The second kappa shape index (κ2) is 19.4. The molecule has 2 aromatic carbocycles. The molecule has 2 amide bonds. The standard InChI is InChI=1S/C39H43BrF2N7O7S.HI/c1-24(35-45-32(20-57-35)26-10-12-28(40)13-11-26)39(53,30-17-29(41)14-15-31(30)42)21-49-23-48(22-44-49)25(2)55-37(52)47(7)34-27(9-8-16-43-34)19-54-33(50)18-46(6)36(51)56-38(3,4)5;/h8-17,20,22-25,53H,18-19,21H2,1-7H3;1H/q+1;/p-1/t24-,25?,39+;/m0./s1. The van der Waals surface area contributed by atoms with Crippen molar-refractivity contribution in [2.24, 2.45) is 0 Å². The predicted molar refractivity (Wildman–Crippen MR) is 209 cm³/mol. The quantitative estimate of drug-likeness (QED) is 0.0790. The fourth-order valence-electron chi connectivity index (χ4n) is 5.60. The Balaban J connectivity index is 0.00000744. The van der Waals surface area contributed by atoms with E-state index in [-0.39, 0.29) is 55.1 Å². The van der Waals surface area contributed by atoms with Crippen molar-refractivity contribution in [2.45, 2.75) is 71.1 Å². The lowest BCUT2D eigenvalue weighted by atomic mass is 9.82. The van der Waals surface area contributed by atoms with Crippen LogP contribution in [-0.2, 0) is 37.8 Å². The number of carbonyl (C=O) groups excluding carboxylic acids is 3. The van der Waals surface area contributed by atoms with Crippen molar-refractivity contribution in [3.8, 4) is 11.3 Å². The van der Waals surface area contributed by atoms with E-state index in [1.165, 1.54) is 53.5 Å². The molecule has 0 aliphatic carbocycles. The number of hydrogen-bond acceptors (Lipinski definition) is 11. The molecule has 0 aliphatic rings. The maximum atomic E-state index is 15.4.